The highest BCUT2D eigenvalue weighted by molar-refractivity contribution is 7.99. The monoisotopic (exact) mass is 309 g/mol. The van der Waals surface area contributed by atoms with E-state index in [1.807, 2.05) is 11.8 Å². The van der Waals surface area contributed by atoms with Crippen molar-refractivity contribution in [3.63, 3.8) is 0 Å². The second-order valence-corrected chi connectivity index (χ2v) is 8.03. The fraction of sp³-hybridized carbons (Fsp3) is 0.300. The van der Waals surface area contributed by atoms with Crippen molar-refractivity contribution in [3.05, 3.63) is 54.1 Å². The van der Waals surface area contributed by atoms with E-state index in [-0.39, 0.29) is 5.41 Å². The first kappa shape index (κ1) is 15.2. The van der Waals surface area contributed by atoms with Gasteiger partial charge in [-0.3, -0.25) is 0 Å². The number of hydrogen-bond donors (Lipinski definition) is 1. The summed E-state index contributed by atoms with van der Waals surface area (Å²) in [6.07, 6.45) is 0. The van der Waals surface area contributed by atoms with Gasteiger partial charge in [0.2, 0.25) is 0 Å². The van der Waals surface area contributed by atoms with E-state index in [0.717, 1.165) is 5.75 Å². The maximum Gasteiger partial charge on any atom is 0.0464 e. The van der Waals surface area contributed by atoms with Crippen LogP contribution in [0.3, 0.4) is 0 Å². The third kappa shape index (κ3) is 3.07. The third-order valence-electron chi connectivity index (χ3n) is 3.94. The van der Waals surface area contributed by atoms with E-state index in [1.54, 1.807) is 0 Å². The molecular formula is C20H23NS. The Morgan fingerprint density at radius 2 is 1.82 bits per heavy atom. The maximum atomic E-state index is 3.55. The Labute approximate surface area is 137 Å². The minimum atomic E-state index is 0.174. The van der Waals surface area contributed by atoms with Gasteiger partial charge in [0.15, 0.2) is 0 Å². The summed E-state index contributed by atoms with van der Waals surface area (Å²) in [5, 5.41) is 1.29. The van der Waals surface area contributed by atoms with Crippen molar-refractivity contribution >= 4 is 22.7 Å². The predicted molar refractivity (Wildman–Crippen MR) is 98.8 cm³/mol. The zero-order chi connectivity index (χ0) is 15.7. The molecule has 0 aliphatic carbocycles. The van der Waals surface area contributed by atoms with Crippen molar-refractivity contribution in [2.24, 2.45) is 0 Å². The van der Waals surface area contributed by atoms with Gasteiger partial charge in [-0.15, -0.1) is 11.8 Å². The first-order chi connectivity index (χ1) is 10.5. The molecule has 0 saturated carbocycles. The summed E-state index contributed by atoms with van der Waals surface area (Å²) in [5.41, 5.74) is 5.20. The first-order valence-electron chi connectivity index (χ1n) is 7.84. The zero-order valence-corrected chi connectivity index (χ0v) is 14.6. The summed E-state index contributed by atoms with van der Waals surface area (Å²) in [6, 6.07) is 17.8. The maximum absolute atomic E-state index is 3.55. The molecule has 0 aliphatic rings. The molecule has 0 spiro atoms. The highest BCUT2D eigenvalue weighted by atomic mass is 32.2. The van der Waals surface area contributed by atoms with Crippen LogP contribution in [0.1, 0.15) is 33.3 Å². The topological polar surface area (TPSA) is 15.8 Å². The Hall–Kier alpha value is -1.67. The lowest BCUT2D eigenvalue weighted by Gasteiger charge is -2.19. The van der Waals surface area contributed by atoms with Crippen molar-refractivity contribution < 1.29 is 0 Å². The van der Waals surface area contributed by atoms with Crippen molar-refractivity contribution in [3.8, 4) is 11.3 Å². The van der Waals surface area contributed by atoms with Crippen molar-refractivity contribution in [1.82, 2.24) is 4.98 Å². The molecule has 1 aromatic heterocycles. The van der Waals surface area contributed by atoms with E-state index in [1.165, 1.54) is 32.6 Å². The summed E-state index contributed by atoms with van der Waals surface area (Å²) >= 11 is 1.89. The number of H-pyrrole nitrogens is 1. The van der Waals surface area contributed by atoms with Gasteiger partial charge in [0.05, 0.1) is 0 Å². The predicted octanol–water partition coefficient (Wildman–Crippen LogP) is 6.24. The molecule has 1 N–H and O–H groups in total. The lowest BCUT2D eigenvalue weighted by molar-refractivity contribution is 0.590. The minimum absolute atomic E-state index is 0.174. The highest BCUT2D eigenvalue weighted by Crippen LogP contribution is 2.30. The second-order valence-electron chi connectivity index (χ2n) is 6.70. The highest BCUT2D eigenvalue weighted by Gasteiger charge is 2.14. The van der Waals surface area contributed by atoms with Gasteiger partial charge in [-0.05, 0) is 52.6 Å². The molecule has 22 heavy (non-hydrogen) atoms. The molecule has 0 amide bonds. The summed E-state index contributed by atoms with van der Waals surface area (Å²) in [7, 11) is 0. The van der Waals surface area contributed by atoms with Gasteiger partial charge >= 0.3 is 0 Å². The van der Waals surface area contributed by atoms with E-state index < -0.39 is 0 Å². The van der Waals surface area contributed by atoms with Crippen molar-refractivity contribution in [1.29, 1.82) is 0 Å². The molecule has 3 rings (SSSR count). The third-order valence-corrected chi connectivity index (χ3v) is 4.82. The molecule has 0 bridgehead atoms. The molecule has 0 aliphatic heterocycles. The molecule has 0 radical (unpaired) electrons. The molecule has 1 nitrogen and oxygen atoms in total. The first-order valence-corrected chi connectivity index (χ1v) is 8.82. The SMILES string of the molecule is CCSc1ccc2[nH]c(-c3cccc(C(C)(C)C)c3)cc2c1. The second kappa shape index (κ2) is 5.85. The molecule has 0 unspecified atom stereocenters. The van der Waals surface area contributed by atoms with Crippen LogP contribution in [0.15, 0.2) is 53.4 Å². The van der Waals surface area contributed by atoms with Gasteiger partial charge < -0.3 is 4.98 Å². The van der Waals surface area contributed by atoms with Crippen LogP contribution in [0, 0.1) is 0 Å². The lowest BCUT2D eigenvalue weighted by atomic mass is 9.86. The van der Waals surface area contributed by atoms with Crippen LogP contribution in [-0.4, -0.2) is 10.7 Å². The average molecular weight is 309 g/mol. The minimum Gasteiger partial charge on any atom is -0.355 e. The normalized spacial score (nSPS) is 12.0. The van der Waals surface area contributed by atoms with Crippen LogP contribution in [-0.2, 0) is 5.41 Å². The molecule has 1 heterocycles. The van der Waals surface area contributed by atoms with E-state index in [4.69, 9.17) is 0 Å². The summed E-state index contributed by atoms with van der Waals surface area (Å²) in [4.78, 5) is 4.89. The number of fused-ring (bicyclic) bond motifs is 1. The van der Waals surface area contributed by atoms with Crippen molar-refractivity contribution in [2.45, 2.75) is 38.0 Å². The number of hydrogen-bond acceptors (Lipinski definition) is 1. The van der Waals surface area contributed by atoms with Crippen LogP contribution in [0.25, 0.3) is 22.2 Å². The van der Waals surface area contributed by atoms with Crippen LogP contribution in [0.5, 0.6) is 0 Å². The largest absolute Gasteiger partial charge is 0.355 e. The van der Waals surface area contributed by atoms with E-state index >= 15 is 0 Å². The summed E-state index contributed by atoms with van der Waals surface area (Å²) in [6.45, 7) is 8.96. The van der Waals surface area contributed by atoms with E-state index in [0.29, 0.717) is 0 Å². The van der Waals surface area contributed by atoms with Crippen LogP contribution < -0.4 is 0 Å². The Kier molecular flexibility index (Phi) is 4.05. The molecule has 2 heteroatoms. The van der Waals surface area contributed by atoms with E-state index in [2.05, 4.69) is 81.2 Å². The van der Waals surface area contributed by atoms with Gasteiger partial charge in [-0.1, -0.05) is 45.9 Å². The number of rotatable bonds is 3. The molecule has 0 saturated heterocycles. The molecule has 3 aromatic rings. The quantitative estimate of drug-likeness (QED) is 0.566. The van der Waals surface area contributed by atoms with Gasteiger partial charge in [-0.2, -0.15) is 0 Å². The summed E-state index contributed by atoms with van der Waals surface area (Å²) in [5.74, 6) is 1.11. The average Bonchev–Trinajstić information content (AvgIpc) is 2.90. The Bertz CT molecular complexity index is 793. The molecule has 0 atom stereocenters. The molecular weight excluding hydrogens is 286 g/mol. The number of benzene rings is 2. The van der Waals surface area contributed by atoms with Crippen LogP contribution in [0.2, 0.25) is 0 Å². The van der Waals surface area contributed by atoms with Gasteiger partial charge in [0, 0.05) is 21.5 Å². The molecule has 2 aromatic carbocycles. The standard InChI is InChI=1S/C20H23NS/c1-5-22-17-9-10-18-15(12-17)13-19(21-18)14-7-6-8-16(11-14)20(2,3)4/h6-13,21H,5H2,1-4H3. The number of aromatic nitrogens is 1. The van der Waals surface area contributed by atoms with Gasteiger partial charge in [-0.25, -0.2) is 0 Å². The molecule has 0 fully saturated rings. The Morgan fingerprint density at radius 1 is 1.00 bits per heavy atom. The van der Waals surface area contributed by atoms with E-state index in [9.17, 15) is 0 Å². The smallest absolute Gasteiger partial charge is 0.0464 e. The fourth-order valence-corrected chi connectivity index (χ4v) is 3.38. The number of aromatic amines is 1. The fourth-order valence-electron chi connectivity index (χ4n) is 2.68. The zero-order valence-electron chi connectivity index (χ0n) is 13.7. The van der Waals surface area contributed by atoms with Crippen LogP contribution >= 0.6 is 11.8 Å². The van der Waals surface area contributed by atoms with Crippen LogP contribution in [0.4, 0.5) is 0 Å². The lowest BCUT2D eigenvalue weighted by Crippen LogP contribution is -2.10. The Morgan fingerprint density at radius 3 is 2.55 bits per heavy atom. The molecule has 114 valence electrons. The Balaban J connectivity index is 2.03. The van der Waals surface area contributed by atoms with Crippen molar-refractivity contribution in [2.75, 3.05) is 5.75 Å². The number of nitrogens with one attached hydrogen (secondary N) is 1. The number of thioether (sulfide) groups is 1. The van der Waals surface area contributed by atoms with Gasteiger partial charge in [0.25, 0.3) is 0 Å². The van der Waals surface area contributed by atoms with Gasteiger partial charge in [0.1, 0.15) is 0 Å². The summed E-state index contributed by atoms with van der Waals surface area (Å²) < 4.78 is 0.